The number of nitrogens with one attached hydrogen (secondary N) is 1. The molecule has 0 unspecified atom stereocenters. The molecule has 0 aliphatic rings. The van der Waals surface area contributed by atoms with Crippen LogP contribution in [0.5, 0.6) is 0 Å². The normalized spacial score (nSPS) is 9.86. The van der Waals surface area contributed by atoms with E-state index in [1.54, 1.807) is 6.07 Å². The first-order valence-corrected chi connectivity index (χ1v) is 7.30. The van der Waals surface area contributed by atoms with E-state index in [2.05, 4.69) is 17.2 Å². The summed E-state index contributed by atoms with van der Waals surface area (Å²) < 4.78 is 13.8. The number of hydrogen-bond donors (Lipinski definition) is 2. The van der Waals surface area contributed by atoms with Crippen molar-refractivity contribution < 1.29 is 14.3 Å². The number of aliphatic hydroxyl groups is 1. The molecule has 3 nitrogen and oxygen atoms in total. The molecule has 5 heteroatoms. The van der Waals surface area contributed by atoms with Gasteiger partial charge in [-0.05, 0) is 41.6 Å². The van der Waals surface area contributed by atoms with Crippen molar-refractivity contribution in [2.45, 2.75) is 13.3 Å². The van der Waals surface area contributed by atoms with Crippen LogP contribution in [0.15, 0.2) is 29.6 Å². The molecular weight excluding hydrogens is 289 g/mol. The number of amides is 1. The summed E-state index contributed by atoms with van der Waals surface area (Å²) in [7, 11) is 0. The predicted molar refractivity (Wildman–Crippen MR) is 82.0 cm³/mol. The number of hydrogen-bond acceptors (Lipinski definition) is 3. The smallest absolute Gasteiger partial charge is 0.266 e. The molecule has 2 rings (SSSR count). The van der Waals surface area contributed by atoms with Crippen LogP contribution in [0.2, 0.25) is 0 Å². The van der Waals surface area contributed by atoms with Crippen molar-refractivity contribution in [3.8, 4) is 11.8 Å². The summed E-state index contributed by atoms with van der Waals surface area (Å²) in [6.07, 6.45) is 0.774. The van der Waals surface area contributed by atoms with Gasteiger partial charge in [0.25, 0.3) is 5.91 Å². The summed E-state index contributed by atoms with van der Waals surface area (Å²) in [4.78, 5) is 12.8. The second-order valence-electron chi connectivity index (χ2n) is 4.24. The third-order valence-electron chi connectivity index (χ3n) is 2.86. The zero-order valence-corrected chi connectivity index (χ0v) is 12.3. The van der Waals surface area contributed by atoms with Crippen LogP contribution in [0.25, 0.3) is 0 Å². The zero-order chi connectivity index (χ0) is 15.2. The van der Waals surface area contributed by atoms with Crippen LogP contribution in [0.1, 0.15) is 27.7 Å². The van der Waals surface area contributed by atoms with Gasteiger partial charge in [0.1, 0.15) is 12.4 Å². The Hall–Kier alpha value is -2.16. The number of aryl methyl sites for hydroxylation is 1. The quantitative estimate of drug-likeness (QED) is 0.856. The summed E-state index contributed by atoms with van der Waals surface area (Å²) in [6, 6.07) is 6.19. The standard InChI is InChI=1S/C16H14FNO2S/c1-2-11-7-9-21-15(11)16(20)18-13-6-5-12(4-3-8-19)14(17)10-13/h5-7,9-10,19H,2,8H2,1H3,(H,18,20). The molecule has 1 aromatic heterocycles. The van der Waals surface area contributed by atoms with Gasteiger partial charge in [-0.3, -0.25) is 4.79 Å². The Morgan fingerprint density at radius 1 is 1.43 bits per heavy atom. The van der Waals surface area contributed by atoms with E-state index in [1.807, 2.05) is 18.4 Å². The number of carbonyl (C=O) groups excluding carboxylic acids is 1. The molecule has 2 aromatic rings. The van der Waals surface area contributed by atoms with E-state index in [0.717, 1.165) is 12.0 Å². The first-order valence-electron chi connectivity index (χ1n) is 6.42. The summed E-state index contributed by atoms with van der Waals surface area (Å²) in [5.41, 5.74) is 1.54. The van der Waals surface area contributed by atoms with Crippen molar-refractivity contribution in [2.75, 3.05) is 11.9 Å². The Labute approximate surface area is 126 Å². The van der Waals surface area contributed by atoms with Gasteiger partial charge in [0.15, 0.2) is 0 Å². The molecule has 0 aliphatic carbocycles. The largest absolute Gasteiger partial charge is 0.384 e. The van der Waals surface area contributed by atoms with Gasteiger partial charge >= 0.3 is 0 Å². The van der Waals surface area contributed by atoms with Gasteiger partial charge in [-0.15, -0.1) is 11.3 Å². The third kappa shape index (κ3) is 3.69. The van der Waals surface area contributed by atoms with Gasteiger partial charge in [-0.2, -0.15) is 0 Å². The zero-order valence-electron chi connectivity index (χ0n) is 11.4. The first-order chi connectivity index (χ1) is 10.2. The second-order valence-corrected chi connectivity index (χ2v) is 5.15. The maximum absolute atomic E-state index is 13.8. The molecule has 0 saturated heterocycles. The SMILES string of the molecule is CCc1ccsc1C(=O)Nc1ccc(C#CCO)c(F)c1. The average Bonchev–Trinajstić information content (AvgIpc) is 2.95. The highest BCUT2D eigenvalue weighted by atomic mass is 32.1. The minimum absolute atomic E-state index is 0.187. The van der Waals surface area contributed by atoms with Gasteiger partial charge in [-0.25, -0.2) is 4.39 Å². The molecule has 1 aromatic carbocycles. The Bertz CT molecular complexity index is 713. The van der Waals surface area contributed by atoms with Crippen molar-refractivity contribution in [2.24, 2.45) is 0 Å². The number of thiophene rings is 1. The average molecular weight is 303 g/mol. The molecule has 108 valence electrons. The molecular formula is C16H14FNO2S. The van der Waals surface area contributed by atoms with E-state index in [9.17, 15) is 9.18 Å². The molecule has 21 heavy (non-hydrogen) atoms. The Morgan fingerprint density at radius 2 is 2.24 bits per heavy atom. The van der Waals surface area contributed by atoms with Crippen LogP contribution in [-0.4, -0.2) is 17.6 Å². The number of rotatable bonds is 3. The van der Waals surface area contributed by atoms with Crippen molar-refractivity contribution in [1.29, 1.82) is 0 Å². The monoisotopic (exact) mass is 303 g/mol. The molecule has 0 spiro atoms. The van der Waals surface area contributed by atoms with Crippen LogP contribution in [0.3, 0.4) is 0 Å². The summed E-state index contributed by atoms with van der Waals surface area (Å²) in [6.45, 7) is 1.66. The lowest BCUT2D eigenvalue weighted by molar-refractivity contribution is 0.103. The van der Waals surface area contributed by atoms with E-state index in [4.69, 9.17) is 5.11 Å². The molecule has 1 amide bonds. The summed E-state index contributed by atoms with van der Waals surface area (Å²) in [5, 5.41) is 13.1. The van der Waals surface area contributed by atoms with Crippen molar-refractivity contribution >= 4 is 22.9 Å². The molecule has 0 aliphatic heterocycles. The molecule has 0 radical (unpaired) electrons. The highest BCUT2D eigenvalue weighted by Gasteiger charge is 2.12. The minimum Gasteiger partial charge on any atom is -0.384 e. The van der Waals surface area contributed by atoms with Gasteiger partial charge in [0.2, 0.25) is 0 Å². The van der Waals surface area contributed by atoms with Gasteiger partial charge < -0.3 is 10.4 Å². The third-order valence-corrected chi connectivity index (χ3v) is 3.82. The highest BCUT2D eigenvalue weighted by molar-refractivity contribution is 7.12. The Kier molecular flexibility index (Phi) is 5.09. The number of carbonyl (C=O) groups is 1. The van der Waals surface area contributed by atoms with Crippen LogP contribution in [0.4, 0.5) is 10.1 Å². The van der Waals surface area contributed by atoms with Crippen molar-refractivity contribution in [3.63, 3.8) is 0 Å². The minimum atomic E-state index is -0.532. The van der Waals surface area contributed by atoms with Gasteiger partial charge in [0, 0.05) is 5.69 Å². The van der Waals surface area contributed by atoms with E-state index in [0.29, 0.717) is 10.6 Å². The predicted octanol–water partition coefficient (Wildman–Crippen LogP) is 3.05. The Morgan fingerprint density at radius 3 is 2.90 bits per heavy atom. The maximum Gasteiger partial charge on any atom is 0.266 e. The topological polar surface area (TPSA) is 49.3 Å². The van der Waals surface area contributed by atoms with Crippen LogP contribution < -0.4 is 5.32 Å². The van der Waals surface area contributed by atoms with E-state index in [1.165, 1.54) is 23.5 Å². The first kappa shape index (κ1) is 15.2. The lowest BCUT2D eigenvalue weighted by Gasteiger charge is -2.06. The highest BCUT2D eigenvalue weighted by Crippen LogP contribution is 2.20. The van der Waals surface area contributed by atoms with Gasteiger partial charge in [0.05, 0.1) is 10.4 Å². The van der Waals surface area contributed by atoms with E-state index < -0.39 is 5.82 Å². The van der Waals surface area contributed by atoms with Gasteiger partial charge in [-0.1, -0.05) is 18.8 Å². The molecule has 0 saturated carbocycles. The number of halogens is 1. The van der Waals surface area contributed by atoms with Crippen LogP contribution >= 0.6 is 11.3 Å². The second kappa shape index (κ2) is 7.02. The summed E-state index contributed by atoms with van der Waals surface area (Å²) in [5.74, 6) is 4.11. The van der Waals surface area contributed by atoms with Crippen LogP contribution in [0, 0.1) is 17.7 Å². The number of anilines is 1. The molecule has 1 heterocycles. The lowest BCUT2D eigenvalue weighted by Crippen LogP contribution is -2.12. The number of benzene rings is 1. The van der Waals surface area contributed by atoms with E-state index in [-0.39, 0.29) is 18.1 Å². The Balaban J connectivity index is 2.17. The fourth-order valence-electron chi connectivity index (χ4n) is 1.83. The fraction of sp³-hybridized carbons (Fsp3) is 0.188. The summed E-state index contributed by atoms with van der Waals surface area (Å²) >= 11 is 1.36. The molecule has 2 N–H and O–H groups in total. The maximum atomic E-state index is 13.8. The fourth-order valence-corrected chi connectivity index (χ4v) is 2.72. The van der Waals surface area contributed by atoms with Crippen molar-refractivity contribution in [1.82, 2.24) is 0 Å². The number of aliphatic hydroxyl groups excluding tert-OH is 1. The lowest BCUT2D eigenvalue weighted by atomic mass is 10.1. The molecule has 0 fully saturated rings. The molecule has 0 atom stereocenters. The van der Waals surface area contributed by atoms with E-state index >= 15 is 0 Å². The molecule has 0 bridgehead atoms. The van der Waals surface area contributed by atoms with Crippen LogP contribution in [-0.2, 0) is 6.42 Å². The van der Waals surface area contributed by atoms with Crippen molar-refractivity contribution in [3.05, 3.63) is 51.5 Å².